The molecule has 0 unspecified atom stereocenters. The summed E-state index contributed by atoms with van der Waals surface area (Å²) in [6, 6.07) is 14.2. The second-order valence-corrected chi connectivity index (χ2v) is 7.90. The lowest BCUT2D eigenvalue weighted by molar-refractivity contribution is -0.122. The van der Waals surface area contributed by atoms with Gasteiger partial charge in [0.2, 0.25) is 17.6 Å². The molecule has 4 rings (SSSR count). The number of nitrogens with zero attached hydrogens (tertiary/aromatic N) is 3. The molecule has 2 heterocycles. The number of carbonyl (C=O) groups excluding carboxylic acids is 1. The smallest absolute Gasteiger partial charge is 0.226 e. The molecule has 0 spiro atoms. The Balaban J connectivity index is 1.17. The van der Waals surface area contributed by atoms with Gasteiger partial charge in [-0.25, -0.2) is 4.39 Å². The van der Waals surface area contributed by atoms with Gasteiger partial charge in [0.25, 0.3) is 0 Å². The van der Waals surface area contributed by atoms with Crippen LogP contribution in [0.1, 0.15) is 31.6 Å². The largest absolute Gasteiger partial charge is 0.497 e. The number of benzene rings is 2. The zero-order valence-corrected chi connectivity index (χ0v) is 18.1. The zero-order chi connectivity index (χ0) is 22.3. The van der Waals surface area contributed by atoms with Crippen molar-refractivity contribution in [1.82, 2.24) is 15.5 Å². The van der Waals surface area contributed by atoms with Crippen LogP contribution in [-0.4, -0.2) is 42.3 Å². The van der Waals surface area contributed by atoms with Crippen LogP contribution < -0.4 is 15.0 Å². The Morgan fingerprint density at radius 2 is 1.88 bits per heavy atom. The van der Waals surface area contributed by atoms with Crippen molar-refractivity contribution in [2.75, 3.05) is 25.1 Å². The topological polar surface area (TPSA) is 80.5 Å². The van der Waals surface area contributed by atoms with Crippen LogP contribution in [0.4, 0.5) is 10.1 Å². The van der Waals surface area contributed by atoms with Crippen LogP contribution in [0.2, 0.25) is 0 Å². The van der Waals surface area contributed by atoms with Gasteiger partial charge in [-0.2, -0.15) is 4.98 Å². The third kappa shape index (κ3) is 5.63. The monoisotopic (exact) mass is 438 g/mol. The van der Waals surface area contributed by atoms with Gasteiger partial charge in [-0.1, -0.05) is 5.16 Å². The molecule has 1 fully saturated rings. The molecule has 1 aliphatic heterocycles. The molecule has 2 aromatic carbocycles. The average Bonchev–Trinajstić information content (AvgIpc) is 3.29. The molecule has 0 bridgehead atoms. The number of carbonyl (C=O) groups is 1. The van der Waals surface area contributed by atoms with Crippen LogP contribution >= 0.6 is 0 Å². The number of rotatable bonds is 8. The summed E-state index contributed by atoms with van der Waals surface area (Å²) in [5.41, 5.74) is 1.87. The number of methoxy groups -OCH3 is 1. The Hall–Kier alpha value is -3.42. The van der Waals surface area contributed by atoms with E-state index in [1.165, 1.54) is 17.8 Å². The van der Waals surface area contributed by atoms with Crippen molar-refractivity contribution in [3.8, 4) is 17.1 Å². The number of amides is 1. The molecule has 1 saturated heterocycles. The van der Waals surface area contributed by atoms with Gasteiger partial charge in [0.15, 0.2) is 0 Å². The lowest BCUT2D eigenvalue weighted by atomic mass is 10.0. The van der Waals surface area contributed by atoms with Crippen molar-refractivity contribution in [1.29, 1.82) is 0 Å². The summed E-state index contributed by atoms with van der Waals surface area (Å²) in [5, 5.41) is 7.07. The lowest BCUT2D eigenvalue weighted by Gasteiger charge is -2.34. The molecule has 1 amide bonds. The predicted molar refractivity (Wildman–Crippen MR) is 119 cm³/mol. The summed E-state index contributed by atoms with van der Waals surface area (Å²) in [7, 11) is 1.66. The number of hydrogen-bond acceptors (Lipinski definition) is 6. The Morgan fingerprint density at radius 1 is 1.16 bits per heavy atom. The van der Waals surface area contributed by atoms with E-state index in [4.69, 9.17) is 9.26 Å². The van der Waals surface area contributed by atoms with Crippen LogP contribution in [0, 0.1) is 5.82 Å². The van der Waals surface area contributed by atoms with Gasteiger partial charge in [-0.05, 0) is 67.8 Å². The van der Waals surface area contributed by atoms with E-state index in [1.807, 2.05) is 12.1 Å². The van der Waals surface area contributed by atoms with Gasteiger partial charge in [0.1, 0.15) is 11.6 Å². The minimum Gasteiger partial charge on any atom is -0.497 e. The van der Waals surface area contributed by atoms with E-state index in [0.717, 1.165) is 31.7 Å². The highest BCUT2D eigenvalue weighted by Crippen LogP contribution is 2.23. The van der Waals surface area contributed by atoms with E-state index in [2.05, 4.69) is 32.5 Å². The van der Waals surface area contributed by atoms with Crippen LogP contribution in [-0.2, 0) is 11.2 Å². The van der Waals surface area contributed by atoms with Gasteiger partial charge in [0.05, 0.1) is 7.11 Å². The maximum absolute atomic E-state index is 13.0. The summed E-state index contributed by atoms with van der Waals surface area (Å²) in [6.45, 7) is 1.82. The van der Waals surface area contributed by atoms with Gasteiger partial charge in [-0.3, -0.25) is 4.79 Å². The Morgan fingerprint density at radius 3 is 2.56 bits per heavy atom. The van der Waals surface area contributed by atoms with Crippen LogP contribution in [0.25, 0.3) is 11.4 Å². The number of anilines is 1. The number of aryl methyl sites for hydroxylation is 1. The molecule has 0 radical (unpaired) electrons. The number of hydrogen-bond donors (Lipinski definition) is 1. The number of nitrogens with one attached hydrogen (secondary N) is 1. The first-order valence-electron chi connectivity index (χ1n) is 10.9. The lowest BCUT2D eigenvalue weighted by Crippen LogP contribution is -2.44. The molecular weight excluding hydrogens is 411 g/mol. The van der Waals surface area contributed by atoms with E-state index < -0.39 is 0 Å². The number of ether oxygens (including phenoxy) is 1. The third-order valence-corrected chi connectivity index (χ3v) is 5.66. The molecule has 32 heavy (non-hydrogen) atoms. The summed E-state index contributed by atoms with van der Waals surface area (Å²) < 4.78 is 23.5. The number of halogens is 1. The Bertz CT molecular complexity index is 1010. The summed E-state index contributed by atoms with van der Waals surface area (Å²) in [5.74, 6) is 1.49. The van der Waals surface area contributed by atoms with Gasteiger partial charge in [0, 0.05) is 43.2 Å². The molecular formula is C24H27FN4O3. The van der Waals surface area contributed by atoms with E-state index in [9.17, 15) is 9.18 Å². The zero-order valence-electron chi connectivity index (χ0n) is 18.1. The average molecular weight is 439 g/mol. The van der Waals surface area contributed by atoms with Crippen molar-refractivity contribution >= 4 is 11.6 Å². The highest BCUT2D eigenvalue weighted by Gasteiger charge is 2.21. The molecule has 0 atom stereocenters. The fourth-order valence-corrected chi connectivity index (χ4v) is 3.85. The SMILES string of the molecule is COc1ccc(N2CCC(NC(=O)CCCc3nc(-c4ccc(F)cc4)no3)CC2)cc1. The van der Waals surface area contributed by atoms with Crippen molar-refractivity contribution in [2.24, 2.45) is 0 Å². The van der Waals surface area contributed by atoms with Crippen molar-refractivity contribution < 1.29 is 18.4 Å². The molecule has 0 saturated carbocycles. The Kier molecular flexibility index (Phi) is 6.99. The van der Waals surface area contributed by atoms with Crippen LogP contribution in [0.5, 0.6) is 5.75 Å². The highest BCUT2D eigenvalue weighted by atomic mass is 19.1. The van der Waals surface area contributed by atoms with E-state index in [0.29, 0.717) is 36.5 Å². The second kappa shape index (κ2) is 10.3. The first-order chi connectivity index (χ1) is 15.6. The highest BCUT2D eigenvalue weighted by molar-refractivity contribution is 5.76. The van der Waals surface area contributed by atoms with Crippen LogP contribution in [0.3, 0.4) is 0 Å². The van der Waals surface area contributed by atoms with E-state index >= 15 is 0 Å². The predicted octanol–water partition coefficient (Wildman–Crippen LogP) is 3.99. The molecule has 7 nitrogen and oxygen atoms in total. The first kappa shape index (κ1) is 21.8. The normalized spacial score (nSPS) is 14.4. The standard InChI is InChI=1S/C24H27FN4O3/c1-31-21-11-9-20(10-12-21)29-15-13-19(14-16-29)26-22(30)3-2-4-23-27-24(28-32-23)17-5-7-18(25)8-6-17/h5-12,19H,2-4,13-16H2,1H3,(H,26,30). The minimum atomic E-state index is -0.310. The fourth-order valence-electron chi connectivity index (χ4n) is 3.85. The number of piperidine rings is 1. The van der Waals surface area contributed by atoms with E-state index in [1.54, 1.807) is 19.2 Å². The number of aromatic nitrogens is 2. The second-order valence-electron chi connectivity index (χ2n) is 7.90. The molecule has 168 valence electrons. The molecule has 3 aromatic rings. The van der Waals surface area contributed by atoms with Crippen LogP contribution in [0.15, 0.2) is 53.1 Å². The fraction of sp³-hybridized carbons (Fsp3) is 0.375. The minimum absolute atomic E-state index is 0.0474. The maximum Gasteiger partial charge on any atom is 0.226 e. The van der Waals surface area contributed by atoms with Crippen molar-refractivity contribution in [3.05, 3.63) is 60.2 Å². The first-order valence-corrected chi connectivity index (χ1v) is 10.9. The van der Waals surface area contributed by atoms with Gasteiger partial charge >= 0.3 is 0 Å². The molecule has 8 heteroatoms. The third-order valence-electron chi connectivity index (χ3n) is 5.66. The maximum atomic E-state index is 13.0. The van der Waals surface area contributed by atoms with Gasteiger partial charge in [-0.15, -0.1) is 0 Å². The quantitative estimate of drug-likeness (QED) is 0.573. The van der Waals surface area contributed by atoms with Gasteiger partial charge < -0.3 is 19.5 Å². The molecule has 1 aromatic heterocycles. The summed E-state index contributed by atoms with van der Waals surface area (Å²) in [6.07, 6.45) is 3.40. The molecule has 0 aliphatic carbocycles. The molecule has 1 aliphatic rings. The van der Waals surface area contributed by atoms with E-state index in [-0.39, 0.29) is 17.8 Å². The summed E-state index contributed by atoms with van der Waals surface area (Å²) in [4.78, 5) is 19.0. The Labute approximate surface area is 186 Å². The van der Waals surface area contributed by atoms with Crippen molar-refractivity contribution in [3.63, 3.8) is 0 Å². The summed E-state index contributed by atoms with van der Waals surface area (Å²) >= 11 is 0. The molecule has 1 N–H and O–H groups in total. The van der Waals surface area contributed by atoms with Crippen molar-refractivity contribution in [2.45, 2.75) is 38.1 Å².